The molecular formula is C23H22O6S. The van der Waals surface area contributed by atoms with Crippen LogP contribution in [0.5, 0.6) is 23.0 Å². The molecular weight excluding hydrogens is 404 g/mol. The molecule has 6 nitrogen and oxygen atoms in total. The average molecular weight is 426 g/mol. The van der Waals surface area contributed by atoms with Gasteiger partial charge in [0.15, 0.2) is 23.0 Å². The molecule has 0 bridgehead atoms. The highest BCUT2D eigenvalue weighted by Gasteiger charge is 2.32. The Hall–Kier alpha value is -2.48. The minimum Gasteiger partial charge on any atom is -0.454 e. The molecule has 0 fully saturated rings. The van der Waals surface area contributed by atoms with Crippen molar-refractivity contribution >= 4 is 26.3 Å². The summed E-state index contributed by atoms with van der Waals surface area (Å²) in [4.78, 5) is 1.35. The summed E-state index contributed by atoms with van der Waals surface area (Å²) in [6.07, 6.45) is 1.95. The molecule has 1 unspecified atom stereocenters. The molecule has 0 spiro atoms. The van der Waals surface area contributed by atoms with E-state index in [0.29, 0.717) is 19.2 Å². The zero-order valence-corrected chi connectivity index (χ0v) is 17.5. The third-order valence-electron chi connectivity index (χ3n) is 5.83. The van der Waals surface area contributed by atoms with E-state index in [1.807, 2.05) is 6.07 Å². The fraction of sp³-hybridized carbons (Fsp3) is 0.348. The van der Waals surface area contributed by atoms with E-state index in [0.717, 1.165) is 41.4 Å². The summed E-state index contributed by atoms with van der Waals surface area (Å²) in [5.74, 6) is 3.95. The van der Waals surface area contributed by atoms with E-state index in [2.05, 4.69) is 23.6 Å². The molecule has 0 amide bonds. The van der Waals surface area contributed by atoms with Crippen molar-refractivity contribution in [2.75, 3.05) is 39.8 Å². The molecule has 30 heavy (non-hydrogen) atoms. The molecule has 3 aliphatic heterocycles. The van der Waals surface area contributed by atoms with Gasteiger partial charge in [0.2, 0.25) is 13.6 Å². The normalized spacial score (nSPS) is 19.8. The van der Waals surface area contributed by atoms with Crippen LogP contribution in [0.25, 0.3) is 10.5 Å². The highest BCUT2D eigenvalue weighted by atomic mass is 32.2. The molecule has 156 valence electrons. The highest BCUT2D eigenvalue weighted by Crippen LogP contribution is 2.54. The SMILES string of the molecule is COCCOCS1=Cc2c(ccc3c2OCO3)C2=C1c1cc3c(cc1CC2)OCO3. The van der Waals surface area contributed by atoms with Gasteiger partial charge in [0.05, 0.1) is 19.2 Å². The first-order valence-electron chi connectivity index (χ1n) is 10.0. The second kappa shape index (κ2) is 7.34. The standard InChI is InChI=1S/C23H22O6S/c1-24-6-7-25-13-30-10-18-15(4-5-19-22(18)29-12-26-19)16-3-2-14-8-20-21(28-11-27-20)9-17(14)23(16)30/h4-5,8-10H,2-3,6-7,11-13H2,1H3. The van der Waals surface area contributed by atoms with Gasteiger partial charge in [-0.1, -0.05) is 6.07 Å². The van der Waals surface area contributed by atoms with Crippen LogP contribution in [0.2, 0.25) is 0 Å². The molecule has 0 N–H and O–H groups in total. The van der Waals surface area contributed by atoms with Crippen molar-refractivity contribution in [3.05, 3.63) is 46.5 Å². The lowest BCUT2D eigenvalue weighted by Crippen LogP contribution is -2.12. The minimum absolute atomic E-state index is 0.231. The lowest BCUT2D eigenvalue weighted by molar-refractivity contribution is 0.0954. The van der Waals surface area contributed by atoms with Crippen LogP contribution in [0.15, 0.2) is 24.3 Å². The zero-order chi connectivity index (χ0) is 20.1. The van der Waals surface area contributed by atoms with Crippen molar-refractivity contribution in [2.24, 2.45) is 0 Å². The Balaban J connectivity index is 1.50. The van der Waals surface area contributed by atoms with E-state index in [1.165, 1.54) is 27.2 Å². The highest BCUT2D eigenvalue weighted by molar-refractivity contribution is 8.23. The van der Waals surface area contributed by atoms with Crippen LogP contribution in [0.4, 0.5) is 0 Å². The summed E-state index contributed by atoms with van der Waals surface area (Å²) >= 11 is 0. The Kier molecular flexibility index (Phi) is 4.48. The molecule has 0 aromatic heterocycles. The summed E-state index contributed by atoms with van der Waals surface area (Å²) in [7, 11) is 1.46. The van der Waals surface area contributed by atoms with Crippen molar-refractivity contribution in [1.29, 1.82) is 0 Å². The number of aryl methyl sites for hydroxylation is 1. The topological polar surface area (TPSA) is 55.4 Å². The van der Waals surface area contributed by atoms with Gasteiger partial charge in [-0.15, -0.1) is 10.5 Å². The molecule has 6 rings (SSSR count). The number of ether oxygens (including phenoxy) is 6. The fourth-order valence-corrected chi connectivity index (χ4v) is 6.57. The van der Waals surface area contributed by atoms with E-state index in [9.17, 15) is 0 Å². The van der Waals surface area contributed by atoms with E-state index in [1.54, 1.807) is 7.11 Å². The number of allylic oxidation sites excluding steroid dienone is 1. The van der Waals surface area contributed by atoms with Gasteiger partial charge in [-0.05, 0) is 58.7 Å². The van der Waals surface area contributed by atoms with Gasteiger partial charge in [0.25, 0.3) is 0 Å². The Morgan fingerprint density at radius 1 is 0.900 bits per heavy atom. The number of hydrogen-bond acceptors (Lipinski definition) is 6. The predicted molar refractivity (Wildman–Crippen MR) is 116 cm³/mol. The van der Waals surface area contributed by atoms with Crippen LogP contribution in [0, 0.1) is 0 Å². The van der Waals surface area contributed by atoms with Crippen LogP contribution in [0.3, 0.4) is 0 Å². The van der Waals surface area contributed by atoms with E-state index < -0.39 is 0 Å². The molecule has 0 radical (unpaired) electrons. The third-order valence-corrected chi connectivity index (χ3v) is 7.76. The van der Waals surface area contributed by atoms with Crippen LogP contribution < -0.4 is 18.9 Å². The first kappa shape index (κ1) is 18.3. The summed E-state index contributed by atoms with van der Waals surface area (Å²) in [5, 5.41) is 2.30. The van der Waals surface area contributed by atoms with Crippen LogP contribution >= 0.6 is 10.5 Å². The van der Waals surface area contributed by atoms with Gasteiger partial charge in [-0.3, -0.25) is 0 Å². The summed E-state index contributed by atoms with van der Waals surface area (Å²) < 4.78 is 33.9. The molecule has 1 aliphatic carbocycles. The van der Waals surface area contributed by atoms with Gasteiger partial charge in [0, 0.05) is 17.6 Å². The summed E-state index contributed by atoms with van der Waals surface area (Å²) in [6.45, 7) is 1.72. The maximum atomic E-state index is 6.00. The van der Waals surface area contributed by atoms with Crippen LogP contribution in [0.1, 0.15) is 28.7 Å². The smallest absolute Gasteiger partial charge is 0.231 e. The van der Waals surface area contributed by atoms with Crippen molar-refractivity contribution in [3.63, 3.8) is 0 Å². The van der Waals surface area contributed by atoms with Gasteiger partial charge in [-0.2, -0.15) is 0 Å². The first-order valence-corrected chi connectivity index (χ1v) is 11.5. The van der Waals surface area contributed by atoms with Gasteiger partial charge < -0.3 is 28.4 Å². The third kappa shape index (κ3) is 2.84. The van der Waals surface area contributed by atoms with E-state index >= 15 is 0 Å². The molecule has 0 saturated heterocycles. The molecule has 1 atom stereocenters. The van der Waals surface area contributed by atoms with Gasteiger partial charge >= 0.3 is 0 Å². The van der Waals surface area contributed by atoms with E-state index in [-0.39, 0.29) is 24.1 Å². The first-order chi connectivity index (χ1) is 14.8. The molecule has 2 aromatic rings. The molecule has 0 saturated carbocycles. The Bertz CT molecular complexity index is 1100. The maximum Gasteiger partial charge on any atom is 0.231 e. The quantitative estimate of drug-likeness (QED) is 0.532. The molecule has 4 aliphatic rings. The minimum atomic E-state index is -0.231. The fourth-order valence-electron chi connectivity index (χ4n) is 4.45. The summed E-state index contributed by atoms with van der Waals surface area (Å²) in [6, 6.07) is 8.48. The Morgan fingerprint density at radius 3 is 2.63 bits per heavy atom. The summed E-state index contributed by atoms with van der Waals surface area (Å²) in [5.41, 5.74) is 6.30. The van der Waals surface area contributed by atoms with E-state index in [4.69, 9.17) is 28.4 Å². The number of methoxy groups -OCH3 is 1. The average Bonchev–Trinajstić information content (AvgIpc) is 3.43. The molecule has 3 heterocycles. The number of fused-ring (bicyclic) bond motifs is 7. The lowest BCUT2D eigenvalue weighted by atomic mass is 9.86. The maximum absolute atomic E-state index is 6.00. The monoisotopic (exact) mass is 426 g/mol. The van der Waals surface area contributed by atoms with Crippen LogP contribution in [-0.2, 0) is 15.9 Å². The number of rotatable bonds is 5. The van der Waals surface area contributed by atoms with Crippen molar-refractivity contribution in [2.45, 2.75) is 12.8 Å². The second-order valence-electron chi connectivity index (χ2n) is 7.50. The largest absolute Gasteiger partial charge is 0.454 e. The second-order valence-corrected chi connectivity index (χ2v) is 9.23. The number of benzene rings is 2. The number of hydrogen-bond donors (Lipinski definition) is 0. The molecule has 2 aromatic carbocycles. The van der Waals surface area contributed by atoms with Crippen molar-refractivity contribution in [3.8, 4) is 23.0 Å². The van der Waals surface area contributed by atoms with Gasteiger partial charge in [-0.25, -0.2) is 0 Å². The van der Waals surface area contributed by atoms with Gasteiger partial charge in [0.1, 0.15) is 0 Å². The molecule has 7 heteroatoms. The predicted octanol–water partition coefficient (Wildman–Crippen LogP) is 4.01. The zero-order valence-electron chi connectivity index (χ0n) is 16.7. The Morgan fingerprint density at radius 2 is 1.73 bits per heavy atom. The lowest BCUT2D eigenvalue weighted by Gasteiger charge is -2.31. The Labute approximate surface area is 177 Å². The van der Waals surface area contributed by atoms with Crippen LogP contribution in [-0.4, -0.2) is 45.2 Å². The van der Waals surface area contributed by atoms with Crippen molar-refractivity contribution < 1.29 is 28.4 Å². The van der Waals surface area contributed by atoms with Crippen molar-refractivity contribution in [1.82, 2.24) is 0 Å².